The normalized spacial score (nSPS) is 12.7. The molecule has 0 heterocycles. The number of carbonyl (C=O) groups is 3. The first kappa shape index (κ1) is 61.6. The number of carbonyl (C=O) groups excluding carboxylic acids is 3. The molecule has 0 saturated heterocycles. The van der Waals surface area contributed by atoms with E-state index in [0.29, 0.717) is 19.3 Å². The van der Waals surface area contributed by atoms with Gasteiger partial charge in [0, 0.05) is 19.3 Å². The lowest BCUT2D eigenvalue weighted by Gasteiger charge is -2.18. The summed E-state index contributed by atoms with van der Waals surface area (Å²) in [7, 11) is 0. The van der Waals surface area contributed by atoms with Gasteiger partial charge in [0.25, 0.3) is 0 Å². The van der Waals surface area contributed by atoms with Crippen molar-refractivity contribution >= 4 is 17.9 Å². The lowest BCUT2D eigenvalue weighted by Crippen LogP contribution is -2.30. The van der Waals surface area contributed by atoms with Gasteiger partial charge in [0.15, 0.2) is 6.10 Å². The van der Waals surface area contributed by atoms with Crippen LogP contribution in [0.5, 0.6) is 0 Å². The highest BCUT2D eigenvalue weighted by molar-refractivity contribution is 5.71. The third kappa shape index (κ3) is 51.4. The zero-order valence-electron chi connectivity index (χ0n) is 42.5. The molecule has 0 aromatic rings. The molecule has 0 radical (unpaired) electrons. The number of hydrogen-bond donors (Lipinski definition) is 0. The van der Waals surface area contributed by atoms with Crippen molar-refractivity contribution in [3.05, 3.63) is 85.1 Å². The zero-order valence-corrected chi connectivity index (χ0v) is 42.5. The first-order chi connectivity index (χ1) is 32.0. The molecule has 0 aliphatic carbocycles. The van der Waals surface area contributed by atoms with E-state index in [1.54, 1.807) is 0 Å². The van der Waals surface area contributed by atoms with Gasteiger partial charge in [0.2, 0.25) is 0 Å². The first-order valence-corrected chi connectivity index (χ1v) is 27.1. The van der Waals surface area contributed by atoms with E-state index in [1.807, 2.05) is 0 Å². The summed E-state index contributed by atoms with van der Waals surface area (Å²) in [5.41, 5.74) is 0. The van der Waals surface area contributed by atoms with E-state index in [-0.39, 0.29) is 31.1 Å². The van der Waals surface area contributed by atoms with Crippen molar-refractivity contribution in [2.24, 2.45) is 0 Å². The average Bonchev–Trinajstić information content (AvgIpc) is 3.30. The molecule has 0 N–H and O–H groups in total. The molecule has 1 atom stereocenters. The number of esters is 3. The van der Waals surface area contributed by atoms with Crippen molar-refractivity contribution in [2.45, 2.75) is 258 Å². The van der Waals surface area contributed by atoms with E-state index in [4.69, 9.17) is 14.2 Å². The molecule has 1 unspecified atom stereocenters. The molecule has 0 spiro atoms. The number of ether oxygens (including phenoxy) is 3. The molecule has 65 heavy (non-hydrogen) atoms. The highest BCUT2D eigenvalue weighted by Crippen LogP contribution is 2.14. The molecule has 0 aromatic heterocycles. The van der Waals surface area contributed by atoms with Gasteiger partial charge < -0.3 is 14.2 Å². The maximum atomic E-state index is 12.8. The summed E-state index contributed by atoms with van der Waals surface area (Å²) in [6.45, 7) is 6.45. The van der Waals surface area contributed by atoms with E-state index in [9.17, 15) is 14.4 Å². The smallest absolute Gasteiger partial charge is 0.306 e. The van der Waals surface area contributed by atoms with E-state index in [2.05, 4.69) is 106 Å². The maximum Gasteiger partial charge on any atom is 0.306 e. The molecule has 6 nitrogen and oxygen atoms in total. The molecular weight excluding hydrogens is 805 g/mol. The molecule has 0 aliphatic rings. The van der Waals surface area contributed by atoms with Crippen LogP contribution in [-0.2, 0) is 28.6 Å². The van der Waals surface area contributed by atoms with E-state index in [1.165, 1.54) is 89.9 Å². The second kappa shape index (κ2) is 53.2. The third-order valence-corrected chi connectivity index (χ3v) is 11.4. The Balaban J connectivity index is 4.43. The molecule has 0 bridgehead atoms. The Hall–Kier alpha value is -3.41. The van der Waals surface area contributed by atoms with Crippen LogP contribution in [0.3, 0.4) is 0 Å². The summed E-state index contributed by atoms with van der Waals surface area (Å²) in [6.07, 6.45) is 68.5. The Morgan fingerprint density at radius 1 is 0.338 bits per heavy atom. The largest absolute Gasteiger partial charge is 0.462 e. The van der Waals surface area contributed by atoms with Gasteiger partial charge in [0.1, 0.15) is 13.2 Å². The second-order valence-electron chi connectivity index (χ2n) is 17.8. The van der Waals surface area contributed by atoms with Crippen LogP contribution in [0.4, 0.5) is 0 Å². The quantitative estimate of drug-likeness (QED) is 0.0199. The van der Waals surface area contributed by atoms with E-state index >= 15 is 0 Å². The van der Waals surface area contributed by atoms with Gasteiger partial charge in [-0.3, -0.25) is 14.4 Å². The van der Waals surface area contributed by atoms with Gasteiger partial charge in [-0.05, 0) is 109 Å². The predicted octanol–water partition coefficient (Wildman–Crippen LogP) is 18.0. The van der Waals surface area contributed by atoms with Gasteiger partial charge in [-0.1, -0.05) is 209 Å². The van der Waals surface area contributed by atoms with Crippen molar-refractivity contribution in [3.63, 3.8) is 0 Å². The first-order valence-electron chi connectivity index (χ1n) is 27.1. The molecule has 0 saturated carbocycles. The standard InChI is InChI=1S/C59H100O6/c1-4-7-10-13-16-19-22-25-27-28-29-30-32-34-37-40-43-46-49-52-58(61)64-55-56(54-63-57(60)51-48-45-42-39-36-33-24-21-18-15-12-9-6-3)65-59(62)53-50-47-44-41-38-35-31-26-23-20-17-14-11-8-5-2/h7,10,16-17,19-20,23,25-27,29-30,33,36,56H,4-6,8-9,11-15,18,21-22,24,28,31-32,34-35,37-55H2,1-3H3/b10-7-,19-16-,20-17-,26-23-,27-25-,30-29-,36-33-. The summed E-state index contributed by atoms with van der Waals surface area (Å²) >= 11 is 0. The number of allylic oxidation sites excluding steroid dienone is 14. The Labute approximate surface area is 401 Å². The van der Waals surface area contributed by atoms with E-state index < -0.39 is 6.10 Å². The fraction of sp³-hybridized carbons (Fsp3) is 0.712. The molecule has 0 aromatic carbocycles. The van der Waals surface area contributed by atoms with Gasteiger partial charge in [-0.15, -0.1) is 0 Å². The predicted molar refractivity (Wildman–Crippen MR) is 279 cm³/mol. The van der Waals surface area contributed by atoms with Crippen LogP contribution in [0.15, 0.2) is 85.1 Å². The minimum atomic E-state index is -0.795. The lowest BCUT2D eigenvalue weighted by molar-refractivity contribution is -0.167. The molecular formula is C59H100O6. The SMILES string of the molecule is CC/C=C\C/C=C\C/C=C\C/C=C\CCCCCCCCC(=O)OCC(COC(=O)CCCCC/C=C\CCCCCCCC)OC(=O)CCCCCCCC/C=C\C=C/CCCCC. The third-order valence-electron chi connectivity index (χ3n) is 11.4. The highest BCUT2D eigenvalue weighted by Gasteiger charge is 2.19. The maximum absolute atomic E-state index is 12.8. The van der Waals surface area contributed by atoms with Crippen LogP contribution in [-0.4, -0.2) is 37.2 Å². The summed E-state index contributed by atoms with van der Waals surface area (Å²) < 4.78 is 16.8. The summed E-state index contributed by atoms with van der Waals surface area (Å²) in [6, 6.07) is 0. The van der Waals surface area contributed by atoms with Crippen molar-refractivity contribution in [1.82, 2.24) is 0 Å². The monoisotopic (exact) mass is 905 g/mol. The van der Waals surface area contributed by atoms with Crippen LogP contribution < -0.4 is 0 Å². The average molecular weight is 905 g/mol. The topological polar surface area (TPSA) is 78.9 Å². The Morgan fingerprint density at radius 2 is 0.646 bits per heavy atom. The number of unbranched alkanes of at least 4 members (excludes halogenated alkanes) is 24. The lowest BCUT2D eigenvalue weighted by atomic mass is 10.1. The summed E-state index contributed by atoms with van der Waals surface area (Å²) in [5.74, 6) is -0.933. The van der Waals surface area contributed by atoms with Crippen molar-refractivity contribution in [2.75, 3.05) is 13.2 Å². The van der Waals surface area contributed by atoms with E-state index in [0.717, 1.165) is 122 Å². The Kier molecular flexibility index (Phi) is 50.4. The molecule has 0 rings (SSSR count). The van der Waals surface area contributed by atoms with Gasteiger partial charge in [0.05, 0.1) is 0 Å². The van der Waals surface area contributed by atoms with Crippen molar-refractivity contribution in [1.29, 1.82) is 0 Å². The van der Waals surface area contributed by atoms with Crippen molar-refractivity contribution < 1.29 is 28.6 Å². The Morgan fingerprint density at radius 3 is 1.09 bits per heavy atom. The number of hydrogen-bond acceptors (Lipinski definition) is 6. The fourth-order valence-electron chi connectivity index (χ4n) is 7.30. The van der Waals surface area contributed by atoms with Crippen LogP contribution >= 0.6 is 0 Å². The highest BCUT2D eigenvalue weighted by atomic mass is 16.6. The molecule has 6 heteroatoms. The second-order valence-corrected chi connectivity index (χ2v) is 17.8. The van der Waals surface area contributed by atoms with Crippen LogP contribution in [0.25, 0.3) is 0 Å². The Bertz CT molecular complexity index is 1270. The molecule has 372 valence electrons. The van der Waals surface area contributed by atoms with Crippen LogP contribution in [0.2, 0.25) is 0 Å². The minimum Gasteiger partial charge on any atom is -0.462 e. The zero-order chi connectivity index (χ0) is 47.2. The van der Waals surface area contributed by atoms with Gasteiger partial charge in [-0.2, -0.15) is 0 Å². The van der Waals surface area contributed by atoms with Gasteiger partial charge >= 0.3 is 17.9 Å². The molecule has 0 amide bonds. The molecule has 0 fully saturated rings. The minimum absolute atomic E-state index is 0.0939. The number of rotatable bonds is 48. The molecule has 0 aliphatic heterocycles. The van der Waals surface area contributed by atoms with Crippen molar-refractivity contribution in [3.8, 4) is 0 Å². The van der Waals surface area contributed by atoms with Gasteiger partial charge in [-0.25, -0.2) is 0 Å². The summed E-state index contributed by atoms with van der Waals surface area (Å²) in [4.78, 5) is 38.0. The van der Waals surface area contributed by atoms with Crippen LogP contribution in [0.1, 0.15) is 252 Å². The van der Waals surface area contributed by atoms with Crippen LogP contribution in [0, 0.1) is 0 Å². The fourth-order valence-corrected chi connectivity index (χ4v) is 7.30. The summed E-state index contributed by atoms with van der Waals surface area (Å²) in [5, 5.41) is 0.